The zero-order valence-electron chi connectivity index (χ0n) is 11.9. The van der Waals surface area contributed by atoms with E-state index in [0.29, 0.717) is 12.8 Å². The van der Waals surface area contributed by atoms with Crippen LogP contribution in [0.4, 0.5) is 4.79 Å². The van der Waals surface area contributed by atoms with Crippen LogP contribution in [0.3, 0.4) is 0 Å². The van der Waals surface area contributed by atoms with E-state index in [1.54, 1.807) is 0 Å². The number of nitrogens with zero attached hydrogens (tertiary/aromatic N) is 2. The predicted molar refractivity (Wildman–Crippen MR) is 73.2 cm³/mol. The van der Waals surface area contributed by atoms with Crippen LogP contribution in [0, 0.1) is 0 Å². The van der Waals surface area contributed by atoms with Gasteiger partial charge in [0.1, 0.15) is 0 Å². The molecule has 1 rings (SSSR count). The van der Waals surface area contributed by atoms with Crippen molar-refractivity contribution in [1.82, 2.24) is 15.1 Å². The molecule has 6 nitrogen and oxygen atoms in total. The number of urea groups is 1. The van der Waals surface area contributed by atoms with E-state index in [0.717, 1.165) is 32.7 Å². The first kappa shape index (κ1) is 15.8. The molecule has 0 bridgehead atoms. The molecule has 1 aliphatic heterocycles. The number of hydrogen-bond acceptors (Lipinski definition) is 3. The lowest BCUT2D eigenvalue weighted by molar-refractivity contribution is -0.137. The minimum atomic E-state index is -0.783. The molecule has 0 saturated carbocycles. The van der Waals surface area contributed by atoms with Gasteiger partial charge in [-0.2, -0.15) is 0 Å². The Bertz CT molecular complexity index is 302. The third kappa shape index (κ3) is 5.92. The van der Waals surface area contributed by atoms with Gasteiger partial charge in [0.05, 0.1) is 0 Å². The van der Waals surface area contributed by atoms with E-state index in [2.05, 4.69) is 17.1 Å². The molecule has 0 radical (unpaired) electrons. The lowest BCUT2D eigenvalue weighted by Crippen LogP contribution is -2.53. The molecule has 1 heterocycles. The van der Waals surface area contributed by atoms with Crippen molar-refractivity contribution >= 4 is 12.0 Å². The highest BCUT2D eigenvalue weighted by Crippen LogP contribution is 2.04. The molecule has 1 fully saturated rings. The van der Waals surface area contributed by atoms with Gasteiger partial charge in [-0.25, -0.2) is 4.79 Å². The Kier molecular flexibility index (Phi) is 6.62. The van der Waals surface area contributed by atoms with Crippen LogP contribution < -0.4 is 5.32 Å². The van der Waals surface area contributed by atoms with Crippen molar-refractivity contribution in [3.8, 4) is 0 Å². The first-order valence-corrected chi connectivity index (χ1v) is 7.02. The summed E-state index contributed by atoms with van der Waals surface area (Å²) in [6.45, 7) is 8.46. The highest BCUT2D eigenvalue weighted by molar-refractivity contribution is 5.74. The van der Waals surface area contributed by atoms with E-state index < -0.39 is 5.97 Å². The Morgan fingerprint density at radius 3 is 2.42 bits per heavy atom. The number of likely N-dealkylation sites (N-methyl/N-ethyl adjacent to an activating group) is 1. The average molecular weight is 271 g/mol. The molecule has 2 amide bonds. The Balaban J connectivity index is 2.21. The standard InChI is InChI=1S/C13H25N3O3/c1-3-15-7-9-16(10-8-15)13(19)14-11(2)5-4-6-12(17)18/h11H,3-10H2,1-2H3,(H,14,19)(H,17,18). The van der Waals surface area contributed by atoms with Gasteiger partial charge >= 0.3 is 12.0 Å². The van der Waals surface area contributed by atoms with E-state index >= 15 is 0 Å². The molecule has 19 heavy (non-hydrogen) atoms. The summed E-state index contributed by atoms with van der Waals surface area (Å²) in [6.07, 6.45) is 1.46. The molecular formula is C13H25N3O3. The number of carboxylic acid groups (broad SMARTS) is 1. The Hall–Kier alpha value is -1.30. The van der Waals surface area contributed by atoms with E-state index in [1.807, 2.05) is 11.8 Å². The molecule has 1 unspecified atom stereocenters. The molecule has 1 atom stereocenters. The number of amides is 2. The van der Waals surface area contributed by atoms with Crippen LogP contribution >= 0.6 is 0 Å². The first-order valence-electron chi connectivity index (χ1n) is 7.02. The average Bonchev–Trinajstić information content (AvgIpc) is 2.38. The minimum absolute atomic E-state index is 0.0241. The van der Waals surface area contributed by atoms with Crippen LogP contribution in [0.1, 0.15) is 33.1 Å². The number of piperazine rings is 1. The number of aliphatic carboxylic acids is 1. The summed E-state index contributed by atoms with van der Waals surface area (Å²) in [5.74, 6) is -0.783. The molecule has 0 aromatic carbocycles. The highest BCUT2D eigenvalue weighted by atomic mass is 16.4. The van der Waals surface area contributed by atoms with Crippen LogP contribution in [0.2, 0.25) is 0 Å². The molecule has 0 spiro atoms. The molecule has 2 N–H and O–H groups in total. The van der Waals surface area contributed by atoms with Crippen molar-refractivity contribution < 1.29 is 14.7 Å². The fraction of sp³-hybridized carbons (Fsp3) is 0.846. The minimum Gasteiger partial charge on any atom is -0.481 e. The fourth-order valence-corrected chi connectivity index (χ4v) is 2.20. The van der Waals surface area contributed by atoms with E-state index in [1.165, 1.54) is 0 Å². The quantitative estimate of drug-likeness (QED) is 0.755. The monoisotopic (exact) mass is 271 g/mol. The molecule has 6 heteroatoms. The van der Waals surface area contributed by atoms with E-state index in [-0.39, 0.29) is 18.5 Å². The summed E-state index contributed by atoms with van der Waals surface area (Å²) in [7, 11) is 0. The molecular weight excluding hydrogens is 246 g/mol. The van der Waals surface area contributed by atoms with Gasteiger partial charge in [0, 0.05) is 38.6 Å². The van der Waals surface area contributed by atoms with Gasteiger partial charge in [0.25, 0.3) is 0 Å². The van der Waals surface area contributed by atoms with Crippen molar-refractivity contribution in [3.63, 3.8) is 0 Å². The second-order valence-corrected chi connectivity index (χ2v) is 5.06. The van der Waals surface area contributed by atoms with Gasteiger partial charge in [-0.1, -0.05) is 6.92 Å². The maximum absolute atomic E-state index is 12.0. The normalized spacial score (nSPS) is 18.1. The fourth-order valence-electron chi connectivity index (χ4n) is 2.20. The number of carbonyl (C=O) groups is 2. The van der Waals surface area contributed by atoms with Gasteiger partial charge < -0.3 is 20.2 Å². The van der Waals surface area contributed by atoms with Gasteiger partial charge in [-0.15, -0.1) is 0 Å². The molecule has 1 saturated heterocycles. The maximum Gasteiger partial charge on any atom is 0.317 e. The summed E-state index contributed by atoms with van der Waals surface area (Å²) in [4.78, 5) is 26.5. The molecule has 0 aliphatic carbocycles. The number of rotatable bonds is 6. The summed E-state index contributed by atoms with van der Waals surface area (Å²) in [5, 5.41) is 11.5. The zero-order valence-corrected chi connectivity index (χ0v) is 11.9. The second-order valence-electron chi connectivity index (χ2n) is 5.06. The third-order valence-corrected chi connectivity index (χ3v) is 3.50. The Labute approximate surface area is 114 Å². The summed E-state index contributed by atoms with van der Waals surface area (Å²) in [6, 6.07) is -0.00497. The maximum atomic E-state index is 12.0. The summed E-state index contributed by atoms with van der Waals surface area (Å²) in [5.41, 5.74) is 0. The number of nitrogens with one attached hydrogen (secondary N) is 1. The van der Waals surface area contributed by atoms with Crippen molar-refractivity contribution in [2.45, 2.75) is 39.2 Å². The lowest BCUT2D eigenvalue weighted by atomic mass is 10.1. The van der Waals surface area contributed by atoms with Crippen molar-refractivity contribution in [3.05, 3.63) is 0 Å². The Morgan fingerprint density at radius 1 is 1.26 bits per heavy atom. The SMILES string of the molecule is CCN1CCN(C(=O)NC(C)CCCC(=O)O)CC1. The van der Waals surface area contributed by atoms with Crippen LogP contribution in [-0.4, -0.2) is 65.7 Å². The molecule has 0 aromatic rings. The topological polar surface area (TPSA) is 72.9 Å². The van der Waals surface area contributed by atoms with Crippen molar-refractivity contribution in [1.29, 1.82) is 0 Å². The number of hydrogen-bond donors (Lipinski definition) is 2. The molecule has 1 aliphatic rings. The van der Waals surface area contributed by atoms with Crippen LogP contribution in [0.5, 0.6) is 0 Å². The zero-order chi connectivity index (χ0) is 14.3. The van der Waals surface area contributed by atoms with Crippen LogP contribution in [0.25, 0.3) is 0 Å². The van der Waals surface area contributed by atoms with Crippen LogP contribution in [-0.2, 0) is 4.79 Å². The van der Waals surface area contributed by atoms with Gasteiger partial charge in [0.15, 0.2) is 0 Å². The van der Waals surface area contributed by atoms with Crippen molar-refractivity contribution in [2.24, 2.45) is 0 Å². The van der Waals surface area contributed by atoms with Crippen LogP contribution in [0.15, 0.2) is 0 Å². The van der Waals surface area contributed by atoms with Gasteiger partial charge in [-0.3, -0.25) is 4.79 Å². The Morgan fingerprint density at radius 2 is 1.89 bits per heavy atom. The van der Waals surface area contributed by atoms with Gasteiger partial charge in [-0.05, 0) is 26.3 Å². The third-order valence-electron chi connectivity index (χ3n) is 3.50. The summed E-state index contributed by atoms with van der Waals surface area (Å²) >= 11 is 0. The first-order chi connectivity index (χ1) is 9.02. The lowest BCUT2D eigenvalue weighted by Gasteiger charge is -2.34. The predicted octanol–water partition coefficient (Wildman–Crippen LogP) is 0.977. The number of carboxylic acids is 1. The highest BCUT2D eigenvalue weighted by Gasteiger charge is 2.20. The molecule has 110 valence electrons. The number of carbonyl (C=O) groups excluding carboxylic acids is 1. The van der Waals surface area contributed by atoms with E-state index in [9.17, 15) is 9.59 Å². The van der Waals surface area contributed by atoms with E-state index in [4.69, 9.17) is 5.11 Å². The smallest absolute Gasteiger partial charge is 0.317 e. The van der Waals surface area contributed by atoms with Crippen molar-refractivity contribution in [2.75, 3.05) is 32.7 Å². The largest absolute Gasteiger partial charge is 0.481 e. The van der Waals surface area contributed by atoms with Gasteiger partial charge in [0.2, 0.25) is 0 Å². The second kappa shape index (κ2) is 7.99. The molecule has 0 aromatic heterocycles. The summed E-state index contributed by atoms with van der Waals surface area (Å²) < 4.78 is 0.